The first kappa shape index (κ1) is 13.2. The topological polar surface area (TPSA) is 24.1 Å². The second-order valence-corrected chi connectivity index (χ2v) is 6.68. The van der Waals surface area contributed by atoms with E-state index in [2.05, 4.69) is 62.3 Å². The van der Waals surface area contributed by atoms with Crippen molar-refractivity contribution in [2.75, 3.05) is 18.4 Å². The Morgan fingerprint density at radius 2 is 2.21 bits per heavy atom. The number of halogens is 1. The normalized spacial score (nSPS) is 17.8. The first-order chi connectivity index (χ1) is 9.34. The van der Waals surface area contributed by atoms with E-state index in [1.165, 1.54) is 27.0 Å². The molecule has 2 N–H and O–H groups in total. The fraction of sp³-hybridized carbons (Fsp3) is 0.333. The fourth-order valence-electron chi connectivity index (χ4n) is 2.57. The van der Waals surface area contributed by atoms with E-state index in [4.69, 9.17) is 0 Å². The third-order valence-corrected chi connectivity index (χ3v) is 5.50. The Labute approximate surface area is 126 Å². The highest BCUT2D eigenvalue weighted by atomic mass is 79.9. The summed E-state index contributed by atoms with van der Waals surface area (Å²) in [5, 5.41) is 9.19. The maximum atomic E-state index is 3.59. The van der Waals surface area contributed by atoms with Crippen molar-refractivity contribution < 1.29 is 0 Å². The molecule has 1 aliphatic heterocycles. The van der Waals surface area contributed by atoms with Gasteiger partial charge < -0.3 is 10.6 Å². The predicted molar refractivity (Wildman–Crippen MR) is 86.0 cm³/mol. The van der Waals surface area contributed by atoms with Crippen molar-refractivity contribution in [2.45, 2.75) is 18.9 Å². The predicted octanol–water partition coefficient (Wildman–Crippen LogP) is 4.20. The van der Waals surface area contributed by atoms with E-state index in [1.54, 1.807) is 11.3 Å². The molecule has 3 rings (SSSR count). The molecule has 1 aromatic heterocycles. The molecular formula is C15H17BrN2S. The fourth-order valence-corrected chi connectivity index (χ4v) is 4.04. The maximum Gasteiger partial charge on any atom is 0.0376 e. The molecule has 1 unspecified atom stereocenters. The van der Waals surface area contributed by atoms with E-state index in [0.717, 1.165) is 19.6 Å². The highest BCUT2D eigenvalue weighted by Crippen LogP contribution is 2.31. The number of benzene rings is 1. The van der Waals surface area contributed by atoms with E-state index >= 15 is 0 Å². The Bertz CT molecular complexity index is 553. The van der Waals surface area contributed by atoms with Crippen molar-refractivity contribution in [2.24, 2.45) is 0 Å². The van der Waals surface area contributed by atoms with E-state index in [-0.39, 0.29) is 0 Å². The Hall–Kier alpha value is -0.840. The van der Waals surface area contributed by atoms with Crippen molar-refractivity contribution in [3.05, 3.63) is 50.6 Å². The minimum Gasteiger partial charge on any atom is -0.385 e. The largest absolute Gasteiger partial charge is 0.385 e. The lowest BCUT2D eigenvalue weighted by Gasteiger charge is -2.26. The van der Waals surface area contributed by atoms with Crippen LogP contribution in [0.4, 0.5) is 5.69 Å². The Morgan fingerprint density at radius 3 is 3.05 bits per heavy atom. The van der Waals surface area contributed by atoms with Gasteiger partial charge >= 0.3 is 0 Å². The van der Waals surface area contributed by atoms with Crippen LogP contribution in [0, 0.1) is 0 Å². The second kappa shape index (κ2) is 6.07. The molecule has 1 atom stereocenters. The molecule has 0 saturated heterocycles. The summed E-state index contributed by atoms with van der Waals surface area (Å²) in [5.41, 5.74) is 2.75. The summed E-state index contributed by atoms with van der Waals surface area (Å²) >= 11 is 5.38. The highest BCUT2D eigenvalue weighted by molar-refractivity contribution is 9.10. The first-order valence-electron chi connectivity index (χ1n) is 6.60. The average Bonchev–Trinajstić information content (AvgIpc) is 2.85. The molecule has 1 aromatic carbocycles. The SMILES string of the molecule is Brc1ccsc1CNCC1CCNc2ccccc21. The number of nitrogens with one attached hydrogen (secondary N) is 2. The van der Waals surface area contributed by atoms with Crippen LogP contribution in [-0.4, -0.2) is 13.1 Å². The van der Waals surface area contributed by atoms with Crippen LogP contribution in [0.2, 0.25) is 0 Å². The molecule has 4 heteroatoms. The van der Waals surface area contributed by atoms with Gasteiger partial charge in [0.25, 0.3) is 0 Å². The summed E-state index contributed by atoms with van der Waals surface area (Å²) in [5.74, 6) is 0.621. The monoisotopic (exact) mass is 336 g/mol. The van der Waals surface area contributed by atoms with Crippen LogP contribution in [-0.2, 0) is 6.54 Å². The maximum absolute atomic E-state index is 3.59. The van der Waals surface area contributed by atoms with E-state index in [9.17, 15) is 0 Å². The molecule has 2 nitrogen and oxygen atoms in total. The molecule has 0 fully saturated rings. The third kappa shape index (κ3) is 3.02. The van der Waals surface area contributed by atoms with Gasteiger partial charge in [0.1, 0.15) is 0 Å². The van der Waals surface area contributed by atoms with Crippen molar-refractivity contribution in [1.82, 2.24) is 5.32 Å². The molecule has 2 heterocycles. The van der Waals surface area contributed by atoms with Gasteiger partial charge in [0.2, 0.25) is 0 Å². The van der Waals surface area contributed by atoms with E-state index in [1.807, 2.05) is 0 Å². The lowest BCUT2D eigenvalue weighted by Crippen LogP contribution is -2.26. The summed E-state index contributed by atoms with van der Waals surface area (Å²) in [6.07, 6.45) is 1.20. The van der Waals surface area contributed by atoms with Gasteiger partial charge in [-0.05, 0) is 45.4 Å². The summed E-state index contributed by atoms with van der Waals surface area (Å²) < 4.78 is 1.22. The first-order valence-corrected chi connectivity index (χ1v) is 8.27. The summed E-state index contributed by atoms with van der Waals surface area (Å²) in [7, 11) is 0. The molecule has 0 radical (unpaired) electrons. The number of hydrogen-bond donors (Lipinski definition) is 2. The van der Waals surface area contributed by atoms with Gasteiger partial charge in [-0.25, -0.2) is 0 Å². The quantitative estimate of drug-likeness (QED) is 0.874. The minimum absolute atomic E-state index is 0.621. The van der Waals surface area contributed by atoms with Gasteiger partial charge in [0.15, 0.2) is 0 Å². The molecule has 19 heavy (non-hydrogen) atoms. The van der Waals surface area contributed by atoms with Crippen LogP contribution in [0.15, 0.2) is 40.2 Å². The van der Waals surface area contributed by atoms with Crippen LogP contribution in [0.5, 0.6) is 0 Å². The summed E-state index contributed by atoms with van der Waals surface area (Å²) in [6, 6.07) is 10.8. The lowest BCUT2D eigenvalue weighted by atomic mass is 9.91. The Balaban J connectivity index is 1.61. The molecule has 0 amide bonds. The summed E-state index contributed by atoms with van der Waals surface area (Å²) in [4.78, 5) is 1.38. The van der Waals surface area contributed by atoms with E-state index < -0.39 is 0 Å². The van der Waals surface area contributed by atoms with Crippen LogP contribution in [0.3, 0.4) is 0 Å². The van der Waals surface area contributed by atoms with Crippen LogP contribution in [0.1, 0.15) is 22.8 Å². The van der Waals surface area contributed by atoms with Gasteiger partial charge in [-0.2, -0.15) is 0 Å². The average molecular weight is 337 g/mol. The van der Waals surface area contributed by atoms with Crippen molar-refractivity contribution in [1.29, 1.82) is 0 Å². The van der Waals surface area contributed by atoms with Crippen molar-refractivity contribution >= 4 is 33.0 Å². The Kier molecular flexibility index (Phi) is 4.21. The minimum atomic E-state index is 0.621. The zero-order chi connectivity index (χ0) is 13.1. The molecule has 0 spiro atoms. The number of thiophene rings is 1. The van der Waals surface area contributed by atoms with Gasteiger partial charge in [-0.15, -0.1) is 11.3 Å². The number of rotatable bonds is 4. The molecule has 0 bridgehead atoms. The number of fused-ring (bicyclic) bond motifs is 1. The highest BCUT2D eigenvalue weighted by Gasteiger charge is 2.18. The number of hydrogen-bond acceptors (Lipinski definition) is 3. The van der Waals surface area contributed by atoms with Crippen molar-refractivity contribution in [3.63, 3.8) is 0 Å². The molecule has 1 aliphatic rings. The van der Waals surface area contributed by atoms with Crippen LogP contribution >= 0.6 is 27.3 Å². The molecule has 0 saturated carbocycles. The molecule has 100 valence electrons. The number of para-hydroxylation sites is 1. The molecule has 0 aliphatic carbocycles. The standard InChI is InChI=1S/C15H17BrN2S/c16-13-6-8-19-15(13)10-17-9-11-5-7-18-14-4-2-1-3-12(11)14/h1-4,6,8,11,17-18H,5,7,9-10H2. The third-order valence-electron chi connectivity index (χ3n) is 3.58. The lowest BCUT2D eigenvalue weighted by molar-refractivity contribution is 0.553. The smallest absolute Gasteiger partial charge is 0.0376 e. The van der Waals surface area contributed by atoms with Gasteiger partial charge in [-0.1, -0.05) is 18.2 Å². The van der Waals surface area contributed by atoms with Gasteiger partial charge in [0.05, 0.1) is 0 Å². The zero-order valence-corrected chi connectivity index (χ0v) is 13.1. The summed E-state index contributed by atoms with van der Waals surface area (Å²) in [6.45, 7) is 3.07. The van der Waals surface area contributed by atoms with Gasteiger partial charge in [0, 0.05) is 40.6 Å². The molecular weight excluding hydrogens is 320 g/mol. The number of anilines is 1. The van der Waals surface area contributed by atoms with Crippen LogP contribution < -0.4 is 10.6 Å². The molecule has 2 aromatic rings. The van der Waals surface area contributed by atoms with E-state index in [0.29, 0.717) is 5.92 Å². The van der Waals surface area contributed by atoms with Crippen molar-refractivity contribution in [3.8, 4) is 0 Å². The second-order valence-electron chi connectivity index (χ2n) is 4.82. The van der Waals surface area contributed by atoms with Gasteiger partial charge in [-0.3, -0.25) is 0 Å². The van der Waals surface area contributed by atoms with Crippen LogP contribution in [0.25, 0.3) is 0 Å². The Morgan fingerprint density at radius 1 is 1.32 bits per heavy atom. The zero-order valence-electron chi connectivity index (χ0n) is 10.7.